The molecule has 2 aromatic heterocycles. The fraction of sp³-hybridized carbons (Fsp3) is 0.333. The zero-order valence-electron chi connectivity index (χ0n) is 15.5. The van der Waals surface area contributed by atoms with Crippen molar-refractivity contribution in [2.75, 3.05) is 6.61 Å². The maximum Gasteiger partial charge on any atom is 0.341 e. The Bertz CT molecular complexity index is 1050. The van der Waals surface area contributed by atoms with Crippen LogP contribution in [0.15, 0.2) is 29.3 Å². The molecule has 1 N–H and O–H groups in total. The molecule has 0 bridgehead atoms. The molecule has 0 aliphatic heterocycles. The van der Waals surface area contributed by atoms with Crippen molar-refractivity contribution in [1.82, 2.24) is 4.57 Å². The topological polar surface area (TPSA) is 63.8 Å². The van der Waals surface area contributed by atoms with Gasteiger partial charge in [-0.1, -0.05) is 18.2 Å². The first kappa shape index (κ1) is 17.8. The van der Waals surface area contributed by atoms with Gasteiger partial charge in [0.2, 0.25) is 5.88 Å². The summed E-state index contributed by atoms with van der Waals surface area (Å²) in [6.07, 6.45) is 5.78. The molecule has 27 heavy (non-hydrogen) atoms. The highest BCUT2D eigenvalue weighted by atomic mass is 32.1. The Labute approximate surface area is 161 Å². The second kappa shape index (κ2) is 7.19. The first-order chi connectivity index (χ1) is 13.1. The Morgan fingerprint density at radius 3 is 2.93 bits per heavy atom. The summed E-state index contributed by atoms with van der Waals surface area (Å²) in [5.74, 6) is -0.134. The number of aromatic hydroxyl groups is 1. The van der Waals surface area contributed by atoms with E-state index < -0.39 is 0 Å². The van der Waals surface area contributed by atoms with Crippen LogP contribution in [0, 0.1) is 0 Å². The van der Waals surface area contributed by atoms with Crippen molar-refractivity contribution in [3.8, 4) is 5.88 Å². The lowest BCUT2D eigenvalue weighted by molar-refractivity contribution is 0.0526. The first-order valence-electron chi connectivity index (χ1n) is 9.24. The molecule has 4 rings (SSSR count). The minimum absolute atomic E-state index is 0.166. The largest absolute Gasteiger partial charge is 0.494 e. The van der Waals surface area contributed by atoms with Crippen LogP contribution in [0.1, 0.15) is 46.1 Å². The number of hydrogen-bond donors (Lipinski definition) is 1. The van der Waals surface area contributed by atoms with Crippen LogP contribution in [-0.4, -0.2) is 28.5 Å². The maximum absolute atomic E-state index is 12.6. The number of ether oxygens (including phenoxy) is 1. The van der Waals surface area contributed by atoms with Gasteiger partial charge in [-0.2, -0.15) is 0 Å². The molecular formula is C21H22N2O3S. The van der Waals surface area contributed by atoms with E-state index in [0.717, 1.165) is 42.1 Å². The molecule has 0 amide bonds. The Morgan fingerprint density at radius 1 is 1.33 bits per heavy atom. The third-order valence-corrected chi connectivity index (χ3v) is 6.26. The van der Waals surface area contributed by atoms with Gasteiger partial charge in [-0.05, 0) is 44.2 Å². The minimum atomic E-state index is -0.300. The van der Waals surface area contributed by atoms with Gasteiger partial charge in [0.05, 0.1) is 23.3 Å². The zero-order valence-corrected chi connectivity index (χ0v) is 16.3. The Hall–Kier alpha value is -2.60. The number of aliphatic imine (C=N–C) groups is 1. The fourth-order valence-electron chi connectivity index (χ4n) is 3.72. The van der Waals surface area contributed by atoms with Crippen LogP contribution >= 0.6 is 11.3 Å². The summed E-state index contributed by atoms with van der Waals surface area (Å²) < 4.78 is 7.02. The average molecular weight is 382 g/mol. The van der Waals surface area contributed by atoms with Gasteiger partial charge in [0.25, 0.3) is 0 Å². The van der Waals surface area contributed by atoms with Crippen LogP contribution < -0.4 is 0 Å². The zero-order chi connectivity index (χ0) is 19.0. The number of para-hydroxylation sites is 1. The van der Waals surface area contributed by atoms with Crippen molar-refractivity contribution in [2.24, 2.45) is 12.0 Å². The van der Waals surface area contributed by atoms with E-state index in [9.17, 15) is 9.90 Å². The summed E-state index contributed by atoms with van der Waals surface area (Å²) in [5, 5.41) is 12.1. The molecule has 1 aliphatic carbocycles. The maximum atomic E-state index is 12.6. The molecule has 1 aliphatic rings. The number of fused-ring (bicyclic) bond motifs is 2. The molecule has 1 aromatic carbocycles. The number of esters is 1. The predicted octanol–water partition coefficient (Wildman–Crippen LogP) is 4.75. The number of thiophene rings is 1. The lowest BCUT2D eigenvalue weighted by atomic mass is 9.95. The van der Waals surface area contributed by atoms with Gasteiger partial charge in [0.15, 0.2) is 0 Å². The summed E-state index contributed by atoms with van der Waals surface area (Å²) in [7, 11) is 1.82. The van der Waals surface area contributed by atoms with E-state index in [4.69, 9.17) is 4.74 Å². The molecule has 0 fully saturated rings. The van der Waals surface area contributed by atoms with Crippen molar-refractivity contribution in [3.63, 3.8) is 0 Å². The lowest BCUT2D eigenvalue weighted by Gasteiger charge is -2.11. The highest BCUT2D eigenvalue weighted by Crippen LogP contribution is 2.40. The van der Waals surface area contributed by atoms with Gasteiger partial charge in [-0.15, -0.1) is 11.3 Å². The van der Waals surface area contributed by atoms with Crippen molar-refractivity contribution < 1.29 is 14.6 Å². The molecule has 0 saturated carbocycles. The molecule has 0 radical (unpaired) electrons. The number of nitrogens with zero attached hydrogens (tertiary/aromatic N) is 2. The molecule has 0 spiro atoms. The third-order valence-electron chi connectivity index (χ3n) is 5.06. The van der Waals surface area contributed by atoms with Gasteiger partial charge < -0.3 is 14.4 Å². The summed E-state index contributed by atoms with van der Waals surface area (Å²) >= 11 is 1.57. The van der Waals surface area contributed by atoms with Crippen LogP contribution in [0.4, 0.5) is 5.00 Å². The number of benzene rings is 1. The van der Waals surface area contributed by atoms with Crippen LogP contribution in [0.3, 0.4) is 0 Å². The van der Waals surface area contributed by atoms with Crippen molar-refractivity contribution in [2.45, 2.75) is 32.6 Å². The minimum Gasteiger partial charge on any atom is -0.494 e. The molecule has 0 unspecified atom stereocenters. The number of carbonyl (C=O) groups is 1. The smallest absolute Gasteiger partial charge is 0.341 e. The molecule has 0 saturated heterocycles. The SMILES string of the molecule is CCOC(=O)c1c(N=Cc2c(O)n(C)c3ccccc23)sc2c1CCCC2. The molecule has 0 atom stereocenters. The number of aryl methyl sites for hydroxylation is 2. The molecular weight excluding hydrogens is 360 g/mol. The van der Waals surface area contributed by atoms with E-state index in [-0.39, 0.29) is 11.8 Å². The van der Waals surface area contributed by atoms with Gasteiger partial charge in [-0.25, -0.2) is 9.79 Å². The molecule has 5 nitrogen and oxygen atoms in total. The Morgan fingerprint density at radius 2 is 2.11 bits per heavy atom. The number of rotatable bonds is 4. The lowest BCUT2D eigenvalue weighted by Crippen LogP contribution is -2.09. The van der Waals surface area contributed by atoms with E-state index in [1.54, 1.807) is 22.1 Å². The summed E-state index contributed by atoms with van der Waals surface area (Å²) in [6.45, 7) is 2.16. The summed E-state index contributed by atoms with van der Waals surface area (Å²) in [5.41, 5.74) is 3.30. The standard InChI is InChI=1S/C21H22N2O3S/c1-3-26-21(25)18-14-9-5-7-11-17(14)27-19(18)22-12-15-13-8-4-6-10-16(13)23(2)20(15)24/h4,6,8,10,12,24H,3,5,7,9,11H2,1-2H3. The number of aromatic nitrogens is 1. The second-order valence-corrected chi connectivity index (χ2v) is 7.77. The first-order valence-corrected chi connectivity index (χ1v) is 10.1. The quantitative estimate of drug-likeness (QED) is 0.523. The second-order valence-electron chi connectivity index (χ2n) is 6.68. The highest BCUT2D eigenvalue weighted by molar-refractivity contribution is 7.16. The molecule has 3 aromatic rings. The van der Waals surface area contributed by atoms with Gasteiger partial charge in [0, 0.05) is 23.5 Å². The third kappa shape index (κ3) is 3.04. The Kier molecular flexibility index (Phi) is 4.74. The van der Waals surface area contributed by atoms with E-state index in [0.29, 0.717) is 22.7 Å². The average Bonchev–Trinajstić information content (AvgIpc) is 3.16. The molecule has 140 valence electrons. The van der Waals surface area contributed by atoms with Crippen LogP contribution in [0.25, 0.3) is 10.9 Å². The predicted molar refractivity (Wildman–Crippen MR) is 109 cm³/mol. The van der Waals surface area contributed by atoms with E-state index >= 15 is 0 Å². The van der Waals surface area contributed by atoms with Gasteiger partial charge in [0.1, 0.15) is 5.00 Å². The normalized spacial score (nSPS) is 14.0. The highest BCUT2D eigenvalue weighted by Gasteiger charge is 2.26. The summed E-state index contributed by atoms with van der Waals surface area (Å²) in [4.78, 5) is 18.4. The van der Waals surface area contributed by atoms with Crippen LogP contribution in [-0.2, 0) is 24.6 Å². The number of carbonyl (C=O) groups excluding carboxylic acids is 1. The fourth-order valence-corrected chi connectivity index (χ4v) is 4.94. The van der Waals surface area contributed by atoms with Crippen LogP contribution in [0.2, 0.25) is 0 Å². The monoisotopic (exact) mass is 382 g/mol. The van der Waals surface area contributed by atoms with Crippen molar-refractivity contribution in [3.05, 3.63) is 45.8 Å². The van der Waals surface area contributed by atoms with E-state index in [2.05, 4.69) is 4.99 Å². The van der Waals surface area contributed by atoms with Crippen molar-refractivity contribution in [1.29, 1.82) is 0 Å². The van der Waals surface area contributed by atoms with Crippen molar-refractivity contribution >= 4 is 39.4 Å². The molecule has 6 heteroatoms. The van der Waals surface area contributed by atoms with E-state index in [1.165, 1.54) is 4.88 Å². The molecule has 2 heterocycles. The summed E-state index contributed by atoms with van der Waals surface area (Å²) in [6, 6.07) is 7.80. The van der Waals surface area contributed by atoms with E-state index in [1.807, 2.05) is 38.2 Å². The van der Waals surface area contributed by atoms with Gasteiger partial charge >= 0.3 is 5.97 Å². The Balaban J connectivity index is 1.80. The van der Waals surface area contributed by atoms with Gasteiger partial charge in [-0.3, -0.25) is 0 Å². The van der Waals surface area contributed by atoms with Crippen LogP contribution in [0.5, 0.6) is 5.88 Å². The number of hydrogen-bond acceptors (Lipinski definition) is 5.